The van der Waals surface area contributed by atoms with Gasteiger partial charge in [-0.15, -0.1) is 0 Å². The first kappa shape index (κ1) is 19.7. The number of hydrogen-bond acceptors (Lipinski definition) is 5. The summed E-state index contributed by atoms with van der Waals surface area (Å²) < 4.78 is 10.1. The normalized spacial score (nSPS) is 18.6. The third-order valence-corrected chi connectivity index (χ3v) is 5.04. The van der Waals surface area contributed by atoms with Crippen molar-refractivity contribution in [2.75, 3.05) is 13.7 Å². The fourth-order valence-corrected chi connectivity index (χ4v) is 3.44. The molecule has 28 heavy (non-hydrogen) atoms. The summed E-state index contributed by atoms with van der Waals surface area (Å²) in [5.74, 6) is -1.10. The number of likely N-dealkylation sites (tertiary alicyclic amines) is 1. The van der Waals surface area contributed by atoms with Gasteiger partial charge in [-0.25, -0.2) is 0 Å². The maximum atomic E-state index is 12.9. The first-order chi connectivity index (χ1) is 13.5. The van der Waals surface area contributed by atoms with Crippen molar-refractivity contribution in [3.8, 4) is 0 Å². The van der Waals surface area contributed by atoms with Gasteiger partial charge in [0.15, 0.2) is 0 Å². The second-order valence-electron chi connectivity index (χ2n) is 6.96. The summed E-state index contributed by atoms with van der Waals surface area (Å²) in [5.41, 5.74) is 0.811. The summed E-state index contributed by atoms with van der Waals surface area (Å²) in [6.45, 7) is 2.38. The molecule has 3 atom stereocenters. The molecule has 0 radical (unpaired) electrons. The minimum Gasteiger partial charge on any atom is -0.469 e. The smallest absolute Gasteiger partial charge is 0.310 e. The van der Waals surface area contributed by atoms with Gasteiger partial charge in [-0.05, 0) is 24.6 Å². The number of rotatable bonds is 7. The van der Waals surface area contributed by atoms with E-state index in [9.17, 15) is 14.4 Å². The molecule has 1 fully saturated rings. The van der Waals surface area contributed by atoms with E-state index in [-0.39, 0.29) is 18.2 Å². The lowest BCUT2D eigenvalue weighted by atomic mass is 9.93. The molecule has 0 aliphatic carbocycles. The topological polar surface area (TPSA) is 88.8 Å². The monoisotopic (exact) mass is 384 g/mol. The van der Waals surface area contributed by atoms with E-state index in [0.29, 0.717) is 18.8 Å². The lowest BCUT2D eigenvalue weighted by molar-refractivity contribution is -0.146. The number of hydrogen-bond donors (Lipinski definition) is 1. The van der Waals surface area contributed by atoms with Crippen LogP contribution in [0.1, 0.15) is 30.7 Å². The van der Waals surface area contributed by atoms with Crippen molar-refractivity contribution in [2.45, 2.75) is 25.9 Å². The van der Waals surface area contributed by atoms with Gasteiger partial charge in [0.05, 0.1) is 37.8 Å². The molecule has 1 aromatic heterocycles. The van der Waals surface area contributed by atoms with Crippen LogP contribution in [-0.2, 0) is 25.7 Å². The summed E-state index contributed by atoms with van der Waals surface area (Å²) in [6.07, 6.45) is 1.69. The predicted molar refractivity (Wildman–Crippen MR) is 101 cm³/mol. The van der Waals surface area contributed by atoms with Crippen molar-refractivity contribution in [3.05, 3.63) is 60.1 Å². The van der Waals surface area contributed by atoms with Crippen LogP contribution in [-0.4, -0.2) is 36.3 Å². The van der Waals surface area contributed by atoms with Crippen LogP contribution in [0, 0.1) is 11.8 Å². The van der Waals surface area contributed by atoms with Crippen LogP contribution >= 0.6 is 0 Å². The van der Waals surface area contributed by atoms with Gasteiger partial charge in [-0.2, -0.15) is 0 Å². The predicted octanol–water partition coefficient (Wildman–Crippen LogP) is 2.29. The number of ether oxygens (including phenoxy) is 1. The highest BCUT2D eigenvalue weighted by atomic mass is 16.5. The Labute approximate surface area is 163 Å². The van der Waals surface area contributed by atoms with Gasteiger partial charge >= 0.3 is 5.97 Å². The zero-order valence-corrected chi connectivity index (χ0v) is 16.0. The molecule has 2 amide bonds. The fraction of sp³-hybridized carbons (Fsp3) is 0.381. The van der Waals surface area contributed by atoms with Crippen LogP contribution in [0.15, 0.2) is 53.1 Å². The summed E-state index contributed by atoms with van der Waals surface area (Å²) in [6, 6.07) is 12.3. The molecule has 0 saturated carbocycles. The summed E-state index contributed by atoms with van der Waals surface area (Å²) in [5, 5.41) is 2.95. The first-order valence-corrected chi connectivity index (χ1v) is 9.23. The molecule has 2 heterocycles. The van der Waals surface area contributed by atoms with E-state index in [1.54, 1.807) is 30.2 Å². The SMILES string of the molecule is COC(=O)[C@H](C)[C@H](NC(=O)[C@@H]1CC(=O)N(Cc2ccco2)C1)c1ccccc1. The van der Waals surface area contributed by atoms with Crippen molar-refractivity contribution >= 4 is 17.8 Å². The minimum absolute atomic E-state index is 0.0890. The molecule has 2 aromatic rings. The highest BCUT2D eigenvalue weighted by Crippen LogP contribution is 2.26. The number of benzene rings is 1. The summed E-state index contributed by atoms with van der Waals surface area (Å²) >= 11 is 0. The Kier molecular flexibility index (Phi) is 6.13. The Morgan fingerprint density at radius 2 is 2.00 bits per heavy atom. The van der Waals surface area contributed by atoms with Crippen molar-refractivity contribution in [1.82, 2.24) is 10.2 Å². The zero-order valence-electron chi connectivity index (χ0n) is 16.0. The number of amides is 2. The molecule has 1 N–H and O–H groups in total. The van der Waals surface area contributed by atoms with E-state index >= 15 is 0 Å². The molecular weight excluding hydrogens is 360 g/mol. The number of esters is 1. The van der Waals surface area contributed by atoms with Crippen molar-refractivity contribution < 1.29 is 23.5 Å². The van der Waals surface area contributed by atoms with Crippen LogP contribution in [0.2, 0.25) is 0 Å². The highest BCUT2D eigenvalue weighted by molar-refractivity contribution is 5.89. The summed E-state index contributed by atoms with van der Waals surface area (Å²) in [4.78, 5) is 38.8. The summed E-state index contributed by atoms with van der Waals surface area (Å²) in [7, 11) is 1.32. The maximum absolute atomic E-state index is 12.9. The molecule has 1 saturated heterocycles. The van der Waals surface area contributed by atoms with Gasteiger partial charge in [-0.1, -0.05) is 30.3 Å². The Morgan fingerprint density at radius 3 is 2.64 bits per heavy atom. The molecule has 7 heteroatoms. The number of nitrogens with one attached hydrogen (secondary N) is 1. The Morgan fingerprint density at radius 1 is 1.25 bits per heavy atom. The van der Waals surface area contributed by atoms with Crippen molar-refractivity contribution in [3.63, 3.8) is 0 Å². The molecule has 1 aliphatic heterocycles. The average Bonchev–Trinajstić information content (AvgIpc) is 3.36. The standard InChI is InChI=1S/C21H24N2O5/c1-14(21(26)27-2)19(15-7-4-3-5-8-15)22-20(25)16-11-18(24)23(12-16)13-17-9-6-10-28-17/h3-10,14,16,19H,11-13H2,1-2H3,(H,22,25)/t14-,16-,19+/m1/s1. The lowest BCUT2D eigenvalue weighted by Crippen LogP contribution is -2.40. The largest absolute Gasteiger partial charge is 0.469 e. The van der Waals surface area contributed by atoms with Gasteiger partial charge in [0.2, 0.25) is 11.8 Å². The molecular formula is C21H24N2O5. The van der Waals surface area contributed by atoms with Crippen molar-refractivity contribution in [1.29, 1.82) is 0 Å². The van der Waals surface area contributed by atoms with Crippen LogP contribution in [0.4, 0.5) is 0 Å². The highest BCUT2D eigenvalue weighted by Gasteiger charge is 2.37. The number of methoxy groups -OCH3 is 1. The number of nitrogens with zero attached hydrogens (tertiary/aromatic N) is 1. The van der Waals surface area contributed by atoms with Gasteiger partial charge in [0, 0.05) is 13.0 Å². The molecule has 148 valence electrons. The van der Waals surface area contributed by atoms with E-state index < -0.39 is 23.8 Å². The third kappa shape index (κ3) is 4.42. The molecule has 0 unspecified atom stereocenters. The van der Waals surface area contributed by atoms with Crippen molar-refractivity contribution in [2.24, 2.45) is 11.8 Å². The Hall–Kier alpha value is -3.09. The molecule has 1 aliphatic rings. The molecule has 1 aromatic carbocycles. The van der Waals surface area contributed by atoms with E-state index in [4.69, 9.17) is 9.15 Å². The Balaban J connectivity index is 1.69. The van der Waals surface area contributed by atoms with Gasteiger partial charge in [0.1, 0.15) is 5.76 Å². The number of furan rings is 1. The van der Waals surface area contributed by atoms with Gasteiger partial charge < -0.3 is 19.4 Å². The lowest BCUT2D eigenvalue weighted by Gasteiger charge is -2.25. The Bertz CT molecular complexity index is 819. The first-order valence-electron chi connectivity index (χ1n) is 9.23. The molecule has 0 bridgehead atoms. The second-order valence-corrected chi connectivity index (χ2v) is 6.96. The van der Waals surface area contributed by atoms with E-state index in [0.717, 1.165) is 5.56 Å². The quantitative estimate of drug-likeness (QED) is 0.740. The third-order valence-electron chi connectivity index (χ3n) is 5.04. The minimum atomic E-state index is -0.562. The fourth-order valence-electron chi connectivity index (χ4n) is 3.44. The number of carbonyl (C=O) groups is 3. The van der Waals surface area contributed by atoms with E-state index in [2.05, 4.69) is 5.32 Å². The zero-order chi connectivity index (χ0) is 20.1. The van der Waals surface area contributed by atoms with Crippen LogP contribution < -0.4 is 5.32 Å². The van der Waals surface area contributed by atoms with Crippen LogP contribution in [0.3, 0.4) is 0 Å². The molecule has 7 nitrogen and oxygen atoms in total. The van der Waals surface area contributed by atoms with Crippen LogP contribution in [0.25, 0.3) is 0 Å². The van der Waals surface area contributed by atoms with Gasteiger partial charge in [0.25, 0.3) is 0 Å². The molecule has 3 rings (SSSR count). The molecule has 0 spiro atoms. The van der Waals surface area contributed by atoms with E-state index in [1.165, 1.54) is 7.11 Å². The second kappa shape index (κ2) is 8.73. The maximum Gasteiger partial charge on any atom is 0.310 e. The number of carbonyl (C=O) groups excluding carboxylic acids is 3. The van der Waals surface area contributed by atoms with E-state index in [1.807, 2.05) is 30.3 Å². The van der Waals surface area contributed by atoms with Crippen LogP contribution in [0.5, 0.6) is 0 Å². The van der Waals surface area contributed by atoms with Gasteiger partial charge in [-0.3, -0.25) is 14.4 Å². The average molecular weight is 384 g/mol.